The summed E-state index contributed by atoms with van der Waals surface area (Å²) in [6.45, 7) is 0. The third-order valence-corrected chi connectivity index (χ3v) is 7.19. The predicted molar refractivity (Wildman–Crippen MR) is 110 cm³/mol. The van der Waals surface area contributed by atoms with Crippen molar-refractivity contribution in [1.29, 1.82) is 0 Å². The molecule has 3 unspecified atom stereocenters. The molecule has 2 fully saturated rings. The van der Waals surface area contributed by atoms with Gasteiger partial charge in [-0.3, -0.25) is 4.79 Å². The Balaban J connectivity index is 1.51. The van der Waals surface area contributed by atoms with Crippen LogP contribution in [0.4, 0.5) is 17.6 Å². The lowest BCUT2D eigenvalue weighted by Crippen LogP contribution is -2.53. The molecular weight excluding hydrogens is 422 g/mol. The van der Waals surface area contributed by atoms with Gasteiger partial charge in [0.2, 0.25) is 5.91 Å². The largest absolute Gasteiger partial charge is 0.435 e. The van der Waals surface area contributed by atoms with Gasteiger partial charge in [0.25, 0.3) is 0 Å². The minimum Gasteiger partial charge on any atom is -0.369 e. The van der Waals surface area contributed by atoms with Gasteiger partial charge in [-0.2, -0.15) is 18.3 Å². The van der Waals surface area contributed by atoms with Gasteiger partial charge in [-0.1, -0.05) is 30.4 Å². The Morgan fingerprint density at radius 3 is 2.47 bits per heavy atom. The van der Waals surface area contributed by atoms with Crippen LogP contribution in [-0.4, -0.2) is 15.7 Å². The number of hydrogen-bond acceptors (Lipinski definition) is 2. The average Bonchev–Trinajstić information content (AvgIpc) is 3.46. The smallest absolute Gasteiger partial charge is 0.369 e. The molecule has 4 nitrogen and oxygen atoms in total. The number of hydrogen-bond donors (Lipinski definition) is 1. The SMILES string of the molecule is NC(=O)C1(C2C=CC=CC2)CCC1c1ccc(-n2nc(C(F)(F)F)cc2C2CC2)c(F)c1. The summed E-state index contributed by atoms with van der Waals surface area (Å²) in [5.41, 5.74) is 5.02. The Kier molecular flexibility index (Phi) is 4.80. The lowest BCUT2D eigenvalue weighted by molar-refractivity contribution is -0.141. The van der Waals surface area contributed by atoms with Gasteiger partial charge in [-0.05, 0) is 67.7 Å². The quantitative estimate of drug-likeness (QED) is 0.628. The standard InChI is InChI=1S/C24H23F4N3O/c25-18-12-15(17-10-11-23(17,22(29)32)16-4-2-1-3-5-16)8-9-19(18)31-20(14-6-7-14)13-21(30-31)24(26,27)28/h1-4,8-9,12-14,16-17H,5-7,10-11H2,(H2,29,32). The van der Waals surface area contributed by atoms with Crippen LogP contribution in [-0.2, 0) is 11.0 Å². The minimum absolute atomic E-state index is 0.0179. The van der Waals surface area contributed by atoms with Crippen LogP contribution < -0.4 is 5.73 Å². The molecule has 0 spiro atoms. The van der Waals surface area contributed by atoms with Crippen molar-refractivity contribution in [1.82, 2.24) is 9.78 Å². The lowest BCUT2D eigenvalue weighted by Gasteiger charge is -2.51. The van der Waals surface area contributed by atoms with Crippen LogP contribution in [0.2, 0.25) is 0 Å². The first-order chi connectivity index (χ1) is 15.2. The van der Waals surface area contributed by atoms with Crippen LogP contribution in [0.15, 0.2) is 48.6 Å². The van der Waals surface area contributed by atoms with Gasteiger partial charge in [-0.15, -0.1) is 0 Å². The Bertz CT molecular complexity index is 1130. The molecule has 5 rings (SSSR count). The van der Waals surface area contributed by atoms with Crippen molar-refractivity contribution in [2.45, 2.75) is 50.1 Å². The molecule has 1 heterocycles. The molecule has 168 valence electrons. The van der Waals surface area contributed by atoms with E-state index >= 15 is 4.39 Å². The molecule has 0 radical (unpaired) electrons. The summed E-state index contributed by atoms with van der Waals surface area (Å²) in [5, 5.41) is 3.67. The first-order valence-corrected chi connectivity index (χ1v) is 10.8. The Hall–Kier alpha value is -2.90. The van der Waals surface area contributed by atoms with Crippen LogP contribution in [0.3, 0.4) is 0 Å². The summed E-state index contributed by atoms with van der Waals surface area (Å²) in [6, 6.07) is 5.49. The fraction of sp³-hybridized carbons (Fsp3) is 0.417. The zero-order chi connectivity index (χ0) is 22.7. The number of alkyl halides is 3. The zero-order valence-electron chi connectivity index (χ0n) is 17.3. The van der Waals surface area contributed by atoms with Crippen molar-refractivity contribution in [3.8, 4) is 5.69 Å². The Labute approximate surface area is 182 Å². The van der Waals surface area contributed by atoms with E-state index in [2.05, 4.69) is 5.10 Å². The average molecular weight is 445 g/mol. The van der Waals surface area contributed by atoms with Gasteiger partial charge in [-0.25, -0.2) is 9.07 Å². The second kappa shape index (κ2) is 7.32. The van der Waals surface area contributed by atoms with Gasteiger partial charge in [0, 0.05) is 11.6 Å². The van der Waals surface area contributed by atoms with E-state index in [0.717, 1.165) is 23.6 Å². The lowest BCUT2D eigenvalue weighted by atomic mass is 9.51. The van der Waals surface area contributed by atoms with Crippen LogP contribution in [0.25, 0.3) is 5.69 Å². The number of aromatic nitrogens is 2. The number of halogens is 4. The van der Waals surface area contributed by atoms with E-state index in [9.17, 15) is 18.0 Å². The number of benzene rings is 1. The molecule has 0 bridgehead atoms. The highest BCUT2D eigenvalue weighted by Gasteiger charge is 2.56. The van der Waals surface area contributed by atoms with Gasteiger partial charge in [0.15, 0.2) is 5.69 Å². The maximum atomic E-state index is 15.2. The molecule has 8 heteroatoms. The van der Waals surface area contributed by atoms with E-state index in [4.69, 9.17) is 5.73 Å². The summed E-state index contributed by atoms with van der Waals surface area (Å²) in [5.74, 6) is -1.41. The van der Waals surface area contributed by atoms with Crippen LogP contribution >= 0.6 is 0 Å². The zero-order valence-corrected chi connectivity index (χ0v) is 17.3. The molecule has 2 N–H and O–H groups in total. The number of amides is 1. The third kappa shape index (κ3) is 3.27. The van der Waals surface area contributed by atoms with Crippen molar-refractivity contribution >= 4 is 5.91 Å². The van der Waals surface area contributed by atoms with Crippen LogP contribution in [0.5, 0.6) is 0 Å². The maximum absolute atomic E-state index is 15.2. The summed E-state index contributed by atoms with van der Waals surface area (Å²) >= 11 is 0. The Morgan fingerprint density at radius 2 is 1.94 bits per heavy atom. The second-order valence-corrected chi connectivity index (χ2v) is 9.00. The Morgan fingerprint density at radius 1 is 1.16 bits per heavy atom. The molecule has 1 aromatic carbocycles. The first-order valence-electron chi connectivity index (χ1n) is 10.8. The summed E-state index contributed by atoms with van der Waals surface area (Å²) in [6.07, 6.45) is 6.72. The van der Waals surface area contributed by atoms with E-state index in [0.29, 0.717) is 30.5 Å². The molecule has 2 saturated carbocycles. The topological polar surface area (TPSA) is 60.9 Å². The van der Waals surface area contributed by atoms with Gasteiger partial charge in [0.05, 0.1) is 5.41 Å². The molecular formula is C24H23F4N3O. The van der Waals surface area contributed by atoms with E-state index in [1.807, 2.05) is 24.3 Å². The van der Waals surface area contributed by atoms with Crippen LogP contribution in [0.1, 0.15) is 60.9 Å². The molecule has 3 aliphatic rings. The van der Waals surface area contributed by atoms with Crippen molar-refractivity contribution < 1.29 is 22.4 Å². The highest BCUT2D eigenvalue weighted by atomic mass is 19.4. The fourth-order valence-corrected chi connectivity index (χ4v) is 5.26. The number of nitrogens with zero attached hydrogens (tertiary/aromatic N) is 2. The van der Waals surface area contributed by atoms with E-state index < -0.39 is 29.0 Å². The highest BCUT2D eigenvalue weighted by molar-refractivity contribution is 5.84. The predicted octanol–water partition coefficient (Wildman–Crippen LogP) is 5.39. The number of carbonyl (C=O) groups excluding carboxylic acids is 1. The number of carbonyl (C=O) groups is 1. The summed E-state index contributed by atoms with van der Waals surface area (Å²) in [7, 11) is 0. The molecule has 1 aromatic heterocycles. The van der Waals surface area contributed by atoms with Crippen LogP contribution in [0, 0.1) is 17.2 Å². The second-order valence-electron chi connectivity index (χ2n) is 9.00. The summed E-state index contributed by atoms with van der Waals surface area (Å²) in [4.78, 5) is 12.5. The number of nitrogens with two attached hydrogens (primary N) is 1. The monoisotopic (exact) mass is 445 g/mol. The van der Waals surface area contributed by atoms with Crippen molar-refractivity contribution in [2.75, 3.05) is 0 Å². The first kappa shape index (κ1) is 21.0. The van der Waals surface area contributed by atoms with Gasteiger partial charge in [0.1, 0.15) is 11.5 Å². The normalized spacial score (nSPS) is 27.4. The molecule has 32 heavy (non-hydrogen) atoms. The van der Waals surface area contributed by atoms with Crippen molar-refractivity contribution in [2.24, 2.45) is 17.1 Å². The molecule has 3 atom stereocenters. The highest BCUT2D eigenvalue weighted by Crippen LogP contribution is 2.59. The minimum atomic E-state index is -4.60. The van der Waals surface area contributed by atoms with Gasteiger partial charge >= 0.3 is 6.18 Å². The van der Waals surface area contributed by atoms with Crippen molar-refractivity contribution in [3.63, 3.8) is 0 Å². The number of primary amides is 1. The molecule has 2 aromatic rings. The molecule has 1 amide bonds. The van der Waals surface area contributed by atoms with E-state index in [1.165, 1.54) is 12.1 Å². The number of rotatable bonds is 5. The van der Waals surface area contributed by atoms with E-state index in [1.54, 1.807) is 6.07 Å². The fourth-order valence-electron chi connectivity index (χ4n) is 5.26. The van der Waals surface area contributed by atoms with Crippen molar-refractivity contribution in [3.05, 3.63) is 71.3 Å². The maximum Gasteiger partial charge on any atom is 0.435 e. The van der Waals surface area contributed by atoms with E-state index in [-0.39, 0.29) is 23.4 Å². The van der Waals surface area contributed by atoms with Gasteiger partial charge < -0.3 is 5.73 Å². The third-order valence-electron chi connectivity index (χ3n) is 7.19. The molecule has 0 aliphatic heterocycles. The molecule has 3 aliphatic carbocycles. The number of allylic oxidation sites excluding steroid dienone is 4. The molecule has 0 saturated heterocycles. The summed E-state index contributed by atoms with van der Waals surface area (Å²) < 4.78 is 56.0.